The number of hydrogen-bond acceptors (Lipinski definition) is 3. The minimum absolute atomic E-state index is 0.144. The molecule has 0 amide bonds. The van der Waals surface area contributed by atoms with Gasteiger partial charge in [-0.15, -0.1) is 0 Å². The standard InChI is InChI=1S/C13H23N3O2/c1-14-13(16-11-7-3-4-8-11)15-10-6-5-9-12(17)18-2/h3-4,11H,5-10H2,1-2H3,(H2,14,15,16). The summed E-state index contributed by atoms with van der Waals surface area (Å²) in [4.78, 5) is 15.1. The number of carbonyl (C=O) groups excluding carboxylic acids is 1. The molecule has 0 radical (unpaired) electrons. The molecule has 0 spiro atoms. The van der Waals surface area contributed by atoms with Crippen LogP contribution in [0.15, 0.2) is 17.1 Å². The molecule has 0 atom stereocenters. The van der Waals surface area contributed by atoms with E-state index in [-0.39, 0.29) is 5.97 Å². The van der Waals surface area contributed by atoms with Crippen LogP contribution in [0.1, 0.15) is 32.1 Å². The summed E-state index contributed by atoms with van der Waals surface area (Å²) in [6.07, 6.45) is 8.73. The molecule has 1 aliphatic rings. The summed E-state index contributed by atoms with van der Waals surface area (Å²) < 4.78 is 4.59. The second-order valence-electron chi connectivity index (χ2n) is 4.32. The van der Waals surface area contributed by atoms with Gasteiger partial charge in [-0.25, -0.2) is 0 Å². The molecule has 0 aromatic carbocycles. The summed E-state index contributed by atoms with van der Waals surface area (Å²) >= 11 is 0. The highest BCUT2D eigenvalue weighted by atomic mass is 16.5. The van der Waals surface area contributed by atoms with E-state index in [0.717, 1.165) is 38.2 Å². The van der Waals surface area contributed by atoms with Crippen molar-refractivity contribution in [1.29, 1.82) is 0 Å². The van der Waals surface area contributed by atoms with E-state index < -0.39 is 0 Å². The van der Waals surface area contributed by atoms with Gasteiger partial charge >= 0.3 is 5.97 Å². The summed E-state index contributed by atoms with van der Waals surface area (Å²) in [7, 11) is 3.19. The Bertz CT molecular complexity index is 305. The fourth-order valence-electron chi connectivity index (χ4n) is 1.83. The van der Waals surface area contributed by atoms with Gasteiger partial charge in [-0.2, -0.15) is 0 Å². The fraction of sp³-hybridized carbons (Fsp3) is 0.692. The lowest BCUT2D eigenvalue weighted by Crippen LogP contribution is -2.42. The number of unbranched alkanes of at least 4 members (excludes halogenated alkanes) is 1. The molecule has 0 aromatic rings. The number of guanidine groups is 1. The van der Waals surface area contributed by atoms with Gasteiger partial charge in [0.15, 0.2) is 5.96 Å². The van der Waals surface area contributed by atoms with Crippen LogP contribution in [0.2, 0.25) is 0 Å². The van der Waals surface area contributed by atoms with Crippen molar-refractivity contribution < 1.29 is 9.53 Å². The minimum Gasteiger partial charge on any atom is -0.469 e. The molecule has 0 saturated heterocycles. The van der Waals surface area contributed by atoms with E-state index in [0.29, 0.717) is 12.5 Å². The van der Waals surface area contributed by atoms with Crippen molar-refractivity contribution in [3.63, 3.8) is 0 Å². The van der Waals surface area contributed by atoms with Crippen LogP contribution in [0.25, 0.3) is 0 Å². The molecule has 5 nitrogen and oxygen atoms in total. The quantitative estimate of drug-likeness (QED) is 0.246. The van der Waals surface area contributed by atoms with Crippen LogP contribution >= 0.6 is 0 Å². The molecule has 1 aliphatic carbocycles. The molecule has 102 valence electrons. The zero-order chi connectivity index (χ0) is 13.2. The molecule has 18 heavy (non-hydrogen) atoms. The van der Waals surface area contributed by atoms with Gasteiger partial charge in [0.2, 0.25) is 0 Å². The maximum absolute atomic E-state index is 10.9. The normalized spacial score (nSPS) is 15.8. The number of nitrogens with zero attached hydrogens (tertiary/aromatic N) is 1. The van der Waals surface area contributed by atoms with Crippen LogP contribution in [0.4, 0.5) is 0 Å². The van der Waals surface area contributed by atoms with E-state index in [1.807, 2.05) is 0 Å². The van der Waals surface area contributed by atoms with Gasteiger partial charge in [0, 0.05) is 26.1 Å². The van der Waals surface area contributed by atoms with Crippen LogP contribution in [0.3, 0.4) is 0 Å². The van der Waals surface area contributed by atoms with Crippen molar-refractivity contribution in [1.82, 2.24) is 10.6 Å². The highest BCUT2D eigenvalue weighted by Gasteiger charge is 2.11. The maximum atomic E-state index is 10.9. The molecular formula is C13H23N3O2. The fourth-order valence-corrected chi connectivity index (χ4v) is 1.83. The average Bonchev–Trinajstić information content (AvgIpc) is 2.89. The Kier molecular flexibility index (Phi) is 6.91. The van der Waals surface area contributed by atoms with Crippen LogP contribution < -0.4 is 10.6 Å². The maximum Gasteiger partial charge on any atom is 0.305 e. The van der Waals surface area contributed by atoms with Crippen molar-refractivity contribution in [2.75, 3.05) is 20.7 Å². The minimum atomic E-state index is -0.144. The lowest BCUT2D eigenvalue weighted by molar-refractivity contribution is -0.140. The van der Waals surface area contributed by atoms with Crippen molar-refractivity contribution in [3.8, 4) is 0 Å². The Morgan fingerprint density at radius 1 is 1.39 bits per heavy atom. The lowest BCUT2D eigenvalue weighted by Gasteiger charge is -2.16. The van der Waals surface area contributed by atoms with Crippen LogP contribution in [0.5, 0.6) is 0 Å². The molecule has 0 unspecified atom stereocenters. The van der Waals surface area contributed by atoms with Crippen LogP contribution in [0, 0.1) is 0 Å². The summed E-state index contributed by atoms with van der Waals surface area (Å²) in [5, 5.41) is 6.61. The van der Waals surface area contributed by atoms with E-state index in [1.54, 1.807) is 7.05 Å². The third-order valence-electron chi connectivity index (χ3n) is 2.90. The van der Waals surface area contributed by atoms with E-state index in [4.69, 9.17) is 0 Å². The molecule has 2 N–H and O–H groups in total. The average molecular weight is 253 g/mol. The zero-order valence-corrected chi connectivity index (χ0v) is 11.2. The lowest BCUT2D eigenvalue weighted by atomic mass is 10.2. The molecule has 0 aliphatic heterocycles. The Labute approximate surface area is 109 Å². The Morgan fingerprint density at radius 3 is 2.72 bits per heavy atom. The molecule has 0 saturated carbocycles. The van der Waals surface area contributed by atoms with Crippen molar-refractivity contribution in [2.24, 2.45) is 4.99 Å². The van der Waals surface area contributed by atoms with Crippen molar-refractivity contribution in [2.45, 2.75) is 38.1 Å². The Hall–Kier alpha value is -1.52. The molecule has 0 aromatic heterocycles. The largest absolute Gasteiger partial charge is 0.469 e. The summed E-state index contributed by atoms with van der Waals surface area (Å²) in [5.41, 5.74) is 0. The number of esters is 1. The van der Waals surface area contributed by atoms with Gasteiger partial charge in [0.1, 0.15) is 0 Å². The van der Waals surface area contributed by atoms with E-state index >= 15 is 0 Å². The van der Waals surface area contributed by atoms with Gasteiger partial charge in [-0.05, 0) is 25.7 Å². The third-order valence-corrected chi connectivity index (χ3v) is 2.90. The Balaban J connectivity index is 2.07. The summed E-state index contributed by atoms with van der Waals surface area (Å²) in [5.74, 6) is 0.691. The highest BCUT2D eigenvalue weighted by molar-refractivity contribution is 5.80. The monoisotopic (exact) mass is 253 g/mol. The number of aliphatic imine (C=N–C) groups is 1. The number of rotatable bonds is 6. The van der Waals surface area contributed by atoms with E-state index in [9.17, 15) is 4.79 Å². The Morgan fingerprint density at radius 2 is 2.11 bits per heavy atom. The smallest absolute Gasteiger partial charge is 0.305 e. The first kappa shape index (κ1) is 14.5. The third kappa shape index (κ3) is 5.70. The number of carbonyl (C=O) groups is 1. The molecule has 1 rings (SSSR count). The SMILES string of the molecule is CN=C(NCCCCC(=O)OC)NC1CC=CC1. The predicted octanol–water partition coefficient (Wildman–Crippen LogP) is 1.21. The van der Waals surface area contributed by atoms with Crippen molar-refractivity contribution in [3.05, 3.63) is 12.2 Å². The van der Waals surface area contributed by atoms with E-state index in [2.05, 4.69) is 32.5 Å². The first-order valence-electron chi connectivity index (χ1n) is 6.45. The number of ether oxygens (including phenoxy) is 1. The van der Waals surface area contributed by atoms with Gasteiger partial charge < -0.3 is 15.4 Å². The van der Waals surface area contributed by atoms with Gasteiger partial charge in [0.25, 0.3) is 0 Å². The van der Waals surface area contributed by atoms with Crippen molar-refractivity contribution >= 4 is 11.9 Å². The second kappa shape index (κ2) is 8.55. The first-order valence-corrected chi connectivity index (χ1v) is 6.45. The van der Waals surface area contributed by atoms with Crippen LogP contribution in [-0.4, -0.2) is 38.7 Å². The molecule has 0 heterocycles. The summed E-state index contributed by atoms with van der Waals surface area (Å²) in [6.45, 7) is 0.816. The van der Waals surface area contributed by atoms with E-state index in [1.165, 1.54) is 7.11 Å². The molecule has 5 heteroatoms. The van der Waals surface area contributed by atoms with Gasteiger partial charge in [-0.1, -0.05) is 12.2 Å². The number of nitrogens with one attached hydrogen (secondary N) is 2. The van der Waals surface area contributed by atoms with Gasteiger partial charge in [0.05, 0.1) is 7.11 Å². The molecule has 0 fully saturated rings. The second-order valence-corrected chi connectivity index (χ2v) is 4.32. The predicted molar refractivity (Wildman–Crippen MR) is 72.5 cm³/mol. The number of methoxy groups -OCH3 is 1. The zero-order valence-electron chi connectivity index (χ0n) is 11.2. The molecule has 0 bridgehead atoms. The number of hydrogen-bond donors (Lipinski definition) is 2. The summed E-state index contributed by atoms with van der Waals surface area (Å²) in [6, 6.07) is 0.464. The first-order chi connectivity index (χ1) is 8.76. The van der Waals surface area contributed by atoms with Gasteiger partial charge in [-0.3, -0.25) is 9.79 Å². The topological polar surface area (TPSA) is 62.7 Å². The highest BCUT2D eigenvalue weighted by Crippen LogP contribution is 2.08. The molecular weight excluding hydrogens is 230 g/mol. The van der Waals surface area contributed by atoms with Crippen LogP contribution in [-0.2, 0) is 9.53 Å².